The van der Waals surface area contributed by atoms with Crippen LogP contribution in [-0.2, 0) is 18.5 Å². The molecule has 0 aliphatic carbocycles. The van der Waals surface area contributed by atoms with Gasteiger partial charge in [-0.15, -0.1) is 0 Å². The Hall–Kier alpha value is -3.27. The van der Waals surface area contributed by atoms with Gasteiger partial charge in [0.1, 0.15) is 24.6 Å². The topological polar surface area (TPSA) is 27.3 Å². The first-order valence-corrected chi connectivity index (χ1v) is 11.5. The minimum absolute atomic E-state index is 0.161. The Bertz CT molecular complexity index is 1260. The number of hydrogen-bond acceptors (Lipinski definition) is 2. The average molecular weight is 444 g/mol. The van der Waals surface area contributed by atoms with Gasteiger partial charge in [0.2, 0.25) is 6.33 Å². The number of ether oxygens (including phenoxy) is 2. The van der Waals surface area contributed by atoms with E-state index in [0.717, 1.165) is 30.2 Å². The molecule has 1 heterocycles. The van der Waals surface area contributed by atoms with Gasteiger partial charge in [0.15, 0.2) is 11.0 Å². The van der Waals surface area contributed by atoms with Crippen LogP contribution < -0.4 is 14.0 Å². The van der Waals surface area contributed by atoms with Crippen molar-refractivity contribution in [1.29, 1.82) is 0 Å². The molecule has 0 spiro atoms. The van der Waals surface area contributed by atoms with Crippen LogP contribution in [0.2, 0.25) is 0 Å². The highest BCUT2D eigenvalue weighted by atomic mass is 16.5. The molecule has 1 aromatic heterocycles. The molecule has 33 heavy (non-hydrogen) atoms. The van der Waals surface area contributed by atoms with Crippen LogP contribution in [0.4, 0.5) is 0 Å². The van der Waals surface area contributed by atoms with Crippen molar-refractivity contribution in [3.8, 4) is 11.5 Å². The summed E-state index contributed by atoms with van der Waals surface area (Å²) in [6, 6.07) is 19.7. The zero-order valence-corrected chi connectivity index (χ0v) is 20.9. The number of aryl methyl sites for hydroxylation is 2. The molecule has 0 aliphatic rings. The molecule has 0 saturated carbocycles. The van der Waals surface area contributed by atoms with Crippen molar-refractivity contribution in [2.45, 2.75) is 53.1 Å². The molecule has 4 rings (SSSR count). The number of benzene rings is 3. The minimum atomic E-state index is 0.161. The Kier molecular flexibility index (Phi) is 6.20. The van der Waals surface area contributed by atoms with Gasteiger partial charge in [-0.25, -0.2) is 9.13 Å². The lowest BCUT2D eigenvalue weighted by Gasteiger charge is -2.18. The van der Waals surface area contributed by atoms with Crippen molar-refractivity contribution in [2.75, 3.05) is 14.2 Å². The maximum atomic E-state index is 5.48. The van der Waals surface area contributed by atoms with Crippen LogP contribution in [0.15, 0.2) is 60.9 Å². The summed E-state index contributed by atoms with van der Waals surface area (Å²) in [5.41, 5.74) is 9.04. The normalized spacial score (nSPS) is 11.7. The van der Waals surface area contributed by atoms with Gasteiger partial charge in [-0.3, -0.25) is 0 Å². The molecule has 0 fully saturated rings. The van der Waals surface area contributed by atoms with E-state index in [1.165, 1.54) is 33.3 Å². The largest absolute Gasteiger partial charge is 0.497 e. The number of fused-ring (bicyclic) bond motifs is 1. The van der Waals surface area contributed by atoms with Crippen LogP contribution in [0.3, 0.4) is 0 Å². The molecule has 4 nitrogen and oxygen atoms in total. The Morgan fingerprint density at radius 1 is 0.788 bits per heavy atom. The monoisotopic (exact) mass is 443 g/mol. The van der Waals surface area contributed by atoms with Gasteiger partial charge in [0, 0.05) is 11.6 Å². The van der Waals surface area contributed by atoms with Crippen molar-refractivity contribution in [3.63, 3.8) is 0 Å². The molecule has 0 bridgehead atoms. The van der Waals surface area contributed by atoms with E-state index in [9.17, 15) is 0 Å². The summed E-state index contributed by atoms with van der Waals surface area (Å²) in [7, 11) is 3.38. The smallest absolute Gasteiger partial charge is 0.245 e. The summed E-state index contributed by atoms with van der Waals surface area (Å²) >= 11 is 0. The second-order valence-corrected chi connectivity index (χ2v) is 9.96. The minimum Gasteiger partial charge on any atom is -0.497 e. The predicted octanol–water partition coefficient (Wildman–Crippen LogP) is 5.96. The molecule has 0 unspecified atom stereocenters. The third-order valence-electron chi connectivity index (χ3n) is 6.43. The lowest BCUT2D eigenvalue weighted by Crippen LogP contribution is -2.33. The average Bonchev–Trinajstić information content (AvgIpc) is 3.09. The maximum Gasteiger partial charge on any atom is 0.245 e. The van der Waals surface area contributed by atoms with E-state index in [-0.39, 0.29) is 5.41 Å². The van der Waals surface area contributed by atoms with Gasteiger partial charge in [-0.2, -0.15) is 0 Å². The summed E-state index contributed by atoms with van der Waals surface area (Å²) in [6.45, 7) is 12.7. The van der Waals surface area contributed by atoms with Crippen LogP contribution in [0.25, 0.3) is 11.0 Å². The molecule has 0 amide bonds. The summed E-state index contributed by atoms with van der Waals surface area (Å²) in [5, 5.41) is 0. The zero-order chi connectivity index (χ0) is 23.8. The van der Waals surface area contributed by atoms with Crippen LogP contribution >= 0.6 is 0 Å². The van der Waals surface area contributed by atoms with Crippen molar-refractivity contribution >= 4 is 11.0 Å². The number of imidazole rings is 1. The van der Waals surface area contributed by atoms with Crippen LogP contribution in [0, 0.1) is 13.8 Å². The fourth-order valence-electron chi connectivity index (χ4n) is 4.25. The number of aromatic nitrogens is 2. The standard InChI is InChI=1S/C29H35N2O2/c1-20-12-27-28(13-21(20)2)31(18-23-14-25(32-6)16-26(15-23)33-7)19-30(27)17-22-8-10-24(11-9-22)29(3,4)5/h8-16,19H,17-18H2,1-7H3/q+1. The Morgan fingerprint density at radius 3 is 1.97 bits per heavy atom. The van der Waals surface area contributed by atoms with Gasteiger partial charge < -0.3 is 9.47 Å². The van der Waals surface area contributed by atoms with Crippen molar-refractivity contribution in [1.82, 2.24) is 4.57 Å². The first-order chi connectivity index (χ1) is 15.7. The third-order valence-corrected chi connectivity index (χ3v) is 6.43. The summed E-state index contributed by atoms with van der Waals surface area (Å²) in [6.07, 6.45) is 2.23. The molecule has 4 heteroatoms. The molecule has 0 atom stereocenters. The summed E-state index contributed by atoms with van der Waals surface area (Å²) in [5.74, 6) is 1.61. The van der Waals surface area contributed by atoms with Crippen molar-refractivity contribution in [2.24, 2.45) is 0 Å². The van der Waals surface area contributed by atoms with E-state index in [1.54, 1.807) is 14.2 Å². The Balaban J connectivity index is 1.74. The zero-order valence-electron chi connectivity index (χ0n) is 20.9. The van der Waals surface area contributed by atoms with Crippen LogP contribution in [0.1, 0.15) is 48.6 Å². The first kappa shape index (κ1) is 22.9. The molecule has 0 radical (unpaired) electrons. The van der Waals surface area contributed by atoms with Crippen molar-refractivity contribution < 1.29 is 14.0 Å². The third kappa shape index (κ3) is 4.90. The maximum absolute atomic E-state index is 5.48. The first-order valence-electron chi connectivity index (χ1n) is 11.5. The number of methoxy groups -OCH3 is 2. The highest BCUT2D eigenvalue weighted by Gasteiger charge is 2.19. The van der Waals surface area contributed by atoms with Gasteiger partial charge in [-0.1, -0.05) is 45.0 Å². The highest BCUT2D eigenvalue weighted by Crippen LogP contribution is 2.25. The molecule has 172 valence electrons. The van der Waals surface area contributed by atoms with Crippen molar-refractivity contribution in [3.05, 3.63) is 88.7 Å². The van der Waals surface area contributed by atoms with E-state index < -0.39 is 0 Å². The SMILES string of the molecule is COc1cc(C[n+]2cn(Cc3ccc(C(C)(C)C)cc3)c3cc(C)c(C)cc32)cc(OC)c1. The molecule has 3 aromatic carbocycles. The fourth-order valence-corrected chi connectivity index (χ4v) is 4.25. The summed E-state index contributed by atoms with van der Waals surface area (Å²) in [4.78, 5) is 0. The lowest BCUT2D eigenvalue weighted by atomic mass is 9.87. The van der Waals surface area contributed by atoms with Gasteiger partial charge in [-0.05, 0) is 65.8 Å². The van der Waals surface area contributed by atoms with Crippen LogP contribution in [-0.4, -0.2) is 18.8 Å². The molecule has 4 aromatic rings. The van der Waals surface area contributed by atoms with Gasteiger partial charge in [0.25, 0.3) is 0 Å². The predicted molar refractivity (Wildman–Crippen MR) is 134 cm³/mol. The molecule has 0 saturated heterocycles. The molecule has 0 N–H and O–H groups in total. The second-order valence-electron chi connectivity index (χ2n) is 9.96. The number of rotatable bonds is 6. The van der Waals surface area contributed by atoms with E-state index >= 15 is 0 Å². The number of nitrogens with zero attached hydrogens (tertiary/aromatic N) is 2. The van der Waals surface area contributed by atoms with Crippen LogP contribution in [0.5, 0.6) is 11.5 Å². The second kappa shape index (κ2) is 8.93. The highest BCUT2D eigenvalue weighted by molar-refractivity contribution is 5.74. The quantitative estimate of drug-likeness (QED) is 0.344. The Labute approximate surface area is 197 Å². The van der Waals surface area contributed by atoms with E-state index in [1.807, 2.05) is 6.07 Å². The summed E-state index contributed by atoms with van der Waals surface area (Å²) < 4.78 is 15.6. The Morgan fingerprint density at radius 2 is 1.39 bits per heavy atom. The fraction of sp³-hybridized carbons (Fsp3) is 0.345. The number of hydrogen-bond donors (Lipinski definition) is 0. The van der Waals surface area contributed by atoms with E-state index in [4.69, 9.17) is 9.47 Å². The lowest BCUT2D eigenvalue weighted by molar-refractivity contribution is -0.663. The molecular weight excluding hydrogens is 408 g/mol. The van der Waals surface area contributed by atoms with Gasteiger partial charge >= 0.3 is 0 Å². The van der Waals surface area contributed by atoms with Gasteiger partial charge in [0.05, 0.1) is 14.2 Å². The van der Waals surface area contributed by atoms with E-state index in [2.05, 4.69) is 98.6 Å². The molecule has 0 aliphatic heterocycles. The molecular formula is C29H35N2O2+. The van der Waals surface area contributed by atoms with E-state index in [0.29, 0.717) is 0 Å².